The molecule has 0 aliphatic heterocycles. The van der Waals surface area contributed by atoms with E-state index in [-0.39, 0.29) is 11.8 Å². The van der Waals surface area contributed by atoms with E-state index in [0.29, 0.717) is 46.5 Å². The van der Waals surface area contributed by atoms with Crippen molar-refractivity contribution in [1.82, 2.24) is 0 Å². The molecule has 138 valence electrons. The number of anilines is 2. The highest BCUT2D eigenvalue weighted by molar-refractivity contribution is 6.34. The normalized spacial score (nSPS) is 10.2. The van der Waals surface area contributed by atoms with Gasteiger partial charge in [-0.3, -0.25) is 9.59 Å². The summed E-state index contributed by atoms with van der Waals surface area (Å²) in [6, 6.07) is 9.80. The fourth-order valence-electron chi connectivity index (χ4n) is 2.23. The summed E-state index contributed by atoms with van der Waals surface area (Å²) >= 11 is 6.15. The standard InChI is InChI=1S/C19H21ClN2O4/c1-4-18(23)21-13-7-8-14(20)15(11-13)22-19(24)12-6-9-16(26-5-2)17(10-12)25-3/h6-11H,4-5H2,1-3H3,(H,21,23)(H,22,24). The molecule has 0 unspecified atom stereocenters. The molecule has 6 nitrogen and oxygen atoms in total. The van der Waals surface area contributed by atoms with E-state index in [1.807, 2.05) is 6.92 Å². The van der Waals surface area contributed by atoms with Crippen LogP contribution in [0.15, 0.2) is 36.4 Å². The van der Waals surface area contributed by atoms with Crippen LogP contribution >= 0.6 is 11.6 Å². The van der Waals surface area contributed by atoms with Crippen molar-refractivity contribution < 1.29 is 19.1 Å². The van der Waals surface area contributed by atoms with Crippen molar-refractivity contribution in [3.63, 3.8) is 0 Å². The minimum absolute atomic E-state index is 0.124. The second-order valence-electron chi connectivity index (χ2n) is 5.35. The lowest BCUT2D eigenvalue weighted by Crippen LogP contribution is -2.14. The van der Waals surface area contributed by atoms with Gasteiger partial charge >= 0.3 is 0 Å². The highest BCUT2D eigenvalue weighted by Crippen LogP contribution is 2.30. The maximum atomic E-state index is 12.5. The van der Waals surface area contributed by atoms with Gasteiger partial charge in [-0.05, 0) is 43.3 Å². The summed E-state index contributed by atoms with van der Waals surface area (Å²) < 4.78 is 10.7. The van der Waals surface area contributed by atoms with E-state index in [1.165, 1.54) is 7.11 Å². The minimum Gasteiger partial charge on any atom is -0.493 e. The van der Waals surface area contributed by atoms with Crippen LogP contribution in [0.4, 0.5) is 11.4 Å². The van der Waals surface area contributed by atoms with Crippen molar-refractivity contribution in [3.8, 4) is 11.5 Å². The van der Waals surface area contributed by atoms with E-state index in [0.717, 1.165) is 0 Å². The van der Waals surface area contributed by atoms with Crippen molar-refractivity contribution >= 4 is 34.8 Å². The quantitative estimate of drug-likeness (QED) is 0.753. The Bertz CT molecular complexity index is 808. The molecule has 2 rings (SSSR count). The van der Waals surface area contributed by atoms with Gasteiger partial charge in [-0.25, -0.2) is 0 Å². The molecule has 0 fully saturated rings. The largest absolute Gasteiger partial charge is 0.493 e. The van der Waals surface area contributed by atoms with Gasteiger partial charge in [-0.2, -0.15) is 0 Å². The van der Waals surface area contributed by atoms with Gasteiger partial charge in [0.15, 0.2) is 11.5 Å². The van der Waals surface area contributed by atoms with Gasteiger partial charge in [0.05, 0.1) is 24.4 Å². The molecule has 0 bridgehead atoms. The lowest BCUT2D eigenvalue weighted by molar-refractivity contribution is -0.115. The highest BCUT2D eigenvalue weighted by Gasteiger charge is 2.13. The number of ether oxygens (including phenoxy) is 2. The Hall–Kier alpha value is -2.73. The molecule has 0 saturated heterocycles. The van der Waals surface area contributed by atoms with Crippen LogP contribution in [0.25, 0.3) is 0 Å². The second-order valence-corrected chi connectivity index (χ2v) is 5.76. The lowest BCUT2D eigenvalue weighted by atomic mass is 10.1. The van der Waals surface area contributed by atoms with E-state index < -0.39 is 0 Å². The van der Waals surface area contributed by atoms with Crippen molar-refractivity contribution in [3.05, 3.63) is 47.0 Å². The average molecular weight is 377 g/mol. The summed E-state index contributed by atoms with van der Waals surface area (Å²) in [7, 11) is 1.51. The summed E-state index contributed by atoms with van der Waals surface area (Å²) in [6.45, 7) is 4.12. The molecule has 2 aromatic carbocycles. The molecular formula is C19H21ClN2O4. The number of benzene rings is 2. The number of nitrogens with one attached hydrogen (secondary N) is 2. The fourth-order valence-corrected chi connectivity index (χ4v) is 2.39. The predicted octanol–water partition coefficient (Wildman–Crippen LogP) is 4.35. The summed E-state index contributed by atoms with van der Waals surface area (Å²) in [5.74, 6) is 0.552. The summed E-state index contributed by atoms with van der Waals surface area (Å²) in [4.78, 5) is 24.1. The molecule has 0 aliphatic carbocycles. The predicted molar refractivity (Wildman–Crippen MR) is 102 cm³/mol. The molecule has 0 aromatic heterocycles. The van der Waals surface area contributed by atoms with Crippen LogP contribution in [-0.4, -0.2) is 25.5 Å². The topological polar surface area (TPSA) is 76.7 Å². The Morgan fingerprint density at radius 3 is 2.46 bits per heavy atom. The summed E-state index contributed by atoms with van der Waals surface area (Å²) in [5.41, 5.74) is 1.35. The molecule has 2 amide bonds. The second kappa shape index (κ2) is 9.10. The SMILES string of the molecule is CCOc1ccc(C(=O)Nc2cc(NC(=O)CC)ccc2Cl)cc1OC. The van der Waals surface area contributed by atoms with Crippen molar-refractivity contribution in [2.75, 3.05) is 24.4 Å². The smallest absolute Gasteiger partial charge is 0.255 e. The zero-order valence-corrected chi connectivity index (χ0v) is 15.6. The number of hydrogen-bond donors (Lipinski definition) is 2. The molecular weight excluding hydrogens is 356 g/mol. The Kier molecular flexibility index (Phi) is 6.86. The minimum atomic E-state index is -0.354. The van der Waals surface area contributed by atoms with Gasteiger partial charge in [0.25, 0.3) is 5.91 Å². The van der Waals surface area contributed by atoms with Crippen molar-refractivity contribution in [1.29, 1.82) is 0 Å². The van der Waals surface area contributed by atoms with Gasteiger partial charge in [0.2, 0.25) is 5.91 Å². The number of methoxy groups -OCH3 is 1. The molecule has 0 atom stereocenters. The van der Waals surface area contributed by atoms with E-state index in [1.54, 1.807) is 43.3 Å². The molecule has 7 heteroatoms. The van der Waals surface area contributed by atoms with Crippen LogP contribution in [0, 0.1) is 0 Å². The number of carbonyl (C=O) groups excluding carboxylic acids is 2. The average Bonchev–Trinajstić information content (AvgIpc) is 2.64. The van der Waals surface area contributed by atoms with Crippen LogP contribution in [0.3, 0.4) is 0 Å². The summed E-state index contributed by atoms with van der Waals surface area (Å²) in [6.07, 6.45) is 0.357. The maximum absolute atomic E-state index is 12.5. The number of carbonyl (C=O) groups is 2. The van der Waals surface area contributed by atoms with E-state index in [2.05, 4.69) is 10.6 Å². The van der Waals surface area contributed by atoms with Crippen LogP contribution < -0.4 is 20.1 Å². The van der Waals surface area contributed by atoms with Crippen LogP contribution in [0.2, 0.25) is 5.02 Å². The van der Waals surface area contributed by atoms with Gasteiger partial charge in [0, 0.05) is 17.7 Å². The monoisotopic (exact) mass is 376 g/mol. The van der Waals surface area contributed by atoms with E-state index in [9.17, 15) is 9.59 Å². The van der Waals surface area contributed by atoms with Crippen LogP contribution in [0.5, 0.6) is 11.5 Å². The molecule has 2 N–H and O–H groups in total. The zero-order valence-electron chi connectivity index (χ0n) is 14.9. The third-order valence-corrected chi connectivity index (χ3v) is 3.87. The molecule has 0 aliphatic rings. The van der Waals surface area contributed by atoms with E-state index >= 15 is 0 Å². The molecule has 0 saturated carbocycles. The fraction of sp³-hybridized carbons (Fsp3) is 0.263. The lowest BCUT2D eigenvalue weighted by Gasteiger charge is -2.13. The molecule has 0 spiro atoms. The Labute approximate surface area is 157 Å². The molecule has 0 radical (unpaired) electrons. The first-order valence-electron chi connectivity index (χ1n) is 8.20. The Balaban J connectivity index is 2.21. The number of halogens is 1. The number of hydrogen-bond acceptors (Lipinski definition) is 4. The first-order chi connectivity index (χ1) is 12.5. The Morgan fingerprint density at radius 2 is 1.81 bits per heavy atom. The van der Waals surface area contributed by atoms with Gasteiger partial charge < -0.3 is 20.1 Å². The molecule has 0 heterocycles. The highest BCUT2D eigenvalue weighted by atomic mass is 35.5. The Morgan fingerprint density at radius 1 is 1.04 bits per heavy atom. The first-order valence-corrected chi connectivity index (χ1v) is 8.57. The maximum Gasteiger partial charge on any atom is 0.255 e. The van der Waals surface area contributed by atoms with Gasteiger partial charge in [-0.15, -0.1) is 0 Å². The van der Waals surface area contributed by atoms with Gasteiger partial charge in [-0.1, -0.05) is 18.5 Å². The molecule has 2 aromatic rings. The van der Waals surface area contributed by atoms with E-state index in [4.69, 9.17) is 21.1 Å². The van der Waals surface area contributed by atoms with Crippen molar-refractivity contribution in [2.45, 2.75) is 20.3 Å². The van der Waals surface area contributed by atoms with Gasteiger partial charge in [0.1, 0.15) is 0 Å². The van der Waals surface area contributed by atoms with Crippen LogP contribution in [-0.2, 0) is 4.79 Å². The van der Waals surface area contributed by atoms with Crippen LogP contribution in [0.1, 0.15) is 30.6 Å². The number of amides is 2. The third kappa shape index (κ3) is 4.89. The first kappa shape index (κ1) is 19.6. The summed E-state index contributed by atoms with van der Waals surface area (Å²) in [5, 5.41) is 5.84. The number of rotatable bonds is 7. The van der Waals surface area contributed by atoms with Crippen molar-refractivity contribution in [2.24, 2.45) is 0 Å². The third-order valence-electron chi connectivity index (χ3n) is 3.55. The zero-order chi connectivity index (χ0) is 19.1. The molecule has 26 heavy (non-hydrogen) atoms.